The summed E-state index contributed by atoms with van der Waals surface area (Å²) in [5.74, 6) is 0.901. The third kappa shape index (κ3) is 1.84. The molecule has 1 aliphatic carbocycles. The zero-order chi connectivity index (χ0) is 10.3. The van der Waals surface area contributed by atoms with Crippen molar-refractivity contribution in [2.24, 2.45) is 5.92 Å². The van der Waals surface area contributed by atoms with Gasteiger partial charge in [0.15, 0.2) is 5.13 Å². The smallest absolute Gasteiger partial charge is 0.183 e. The molecule has 0 bridgehead atoms. The third-order valence-electron chi connectivity index (χ3n) is 2.86. The normalized spacial score (nSPS) is 15.8. The van der Waals surface area contributed by atoms with Gasteiger partial charge < -0.3 is 5.32 Å². The average Bonchev–Trinajstić information content (AvgIpc) is 2.95. The molecule has 0 unspecified atom stereocenters. The molecule has 2 aromatic rings. The van der Waals surface area contributed by atoms with Crippen molar-refractivity contribution in [2.45, 2.75) is 19.8 Å². The highest BCUT2D eigenvalue weighted by Crippen LogP contribution is 2.31. The maximum absolute atomic E-state index is 4.62. The summed E-state index contributed by atoms with van der Waals surface area (Å²) in [4.78, 5) is 4.62. The molecule has 1 heterocycles. The van der Waals surface area contributed by atoms with Crippen LogP contribution in [0.2, 0.25) is 0 Å². The number of benzene rings is 1. The van der Waals surface area contributed by atoms with Crippen LogP contribution in [0.15, 0.2) is 18.2 Å². The van der Waals surface area contributed by atoms with E-state index in [1.165, 1.54) is 23.1 Å². The van der Waals surface area contributed by atoms with E-state index in [0.717, 1.165) is 23.1 Å². The summed E-state index contributed by atoms with van der Waals surface area (Å²) in [6, 6.07) is 6.36. The highest BCUT2D eigenvalue weighted by Gasteiger charge is 2.21. The highest BCUT2D eigenvalue weighted by atomic mass is 32.1. The summed E-state index contributed by atoms with van der Waals surface area (Å²) in [6.45, 7) is 3.21. The van der Waals surface area contributed by atoms with Gasteiger partial charge in [0.1, 0.15) is 0 Å². The van der Waals surface area contributed by atoms with Crippen LogP contribution in [0.4, 0.5) is 5.13 Å². The van der Waals surface area contributed by atoms with Crippen molar-refractivity contribution in [3.63, 3.8) is 0 Å². The number of nitrogens with one attached hydrogen (secondary N) is 1. The average molecular weight is 218 g/mol. The van der Waals surface area contributed by atoms with Crippen molar-refractivity contribution in [2.75, 3.05) is 11.9 Å². The fourth-order valence-corrected chi connectivity index (χ4v) is 2.67. The van der Waals surface area contributed by atoms with E-state index in [0.29, 0.717) is 0 Å². The molecule has 1 aliphatic rings. The number of aryl methyl sites for hydroxylation is 1. The van der Waals surface area contributed by atoms with Crippen LogP contribution in [-0.2, 0) is 0 Å². The molecule has 1 aromatic carbocycles. The van der Waals surface area contributed by atoms with Crippen molar-refractivity contribution in [3.8, 4) is 0 Å². The number of hydrogen-bond acceptors (Lipinski definition) is 3. The number of fused-ring (bicyclic) bond motifs is 1. The molecule has 0 spiro atoms. The first kappa shape index (κ1) is 9.16. The van der Waals surface area contributed by atoms with Gasteiger partial charge in [0.25, 0.3) is 0 Å². The second-order valence-corrected chi connectivity index (χ2v) is 5.30. The Morgan fingerprint density at radius 2 is 2.33 bits per heavy atom. The molecule has 1 saturated carbocycles. The van der Waals surface area contributed by atoms with Gasteiger partial charge in [-0.2, -0.15) is 0 Å². The van der Waals surface area contributed by atoms with Gasteiger partial charge in [0.2, 0.25) is 0 Å². The molecule has 3 heteroatoms. The van der Waals surface area contributed by atoms with Crippen molar-refractivity contribution in [1.29, 1.82) is 0 Å². The number of rotatable bonds is 3. The van der Waals surface area contributed by atoms with Crippen molar-refractivity contribution in [1.82, 2.24) is 4.98 Å². The van der Waals surface area contributed by atoms with Crippen molar-refractivity contribution < 1.29 is 0 Å². The van der Waals surface area contributed by atoms with Crippen LogP contribution < -0.4 is 5.32 Å². The van der Waals surface area contributed by atoms with E-state index in [1.54, 1.807) is 11.3 Å². The number of thiazole rings is 1. The Morgan fingerprint density at radius 1 is 1.47 bits per heavy atom. The Balaban J connectivity index is 1.88. The van der Waals surface area contributed by atoms with Crippen LogP contribution >= 0.6 is 11.3 Å². The van der Waals surface area contributed by atoms with Gasteiger partial charge in [0, 0.05) is 6.54 Å². The molecule has 0 saturated heterocycles. The molecule has 0 radical (unpaired) electrons. The van der Waals surface area contributed by atoms with Crippen molar-refractivity contribution >= 4 is 26.7 Å². The van der Waals surface area contributed by atoms with E-state index in [1.807, 2.05) is 0 Å². The highest BCUT2D eigenvalue weighted by molar-refractivity contribution is 7.22. The predicted octanol–water partition coefficient (Wildman–Crippen LogP) is 3.43. The monoisotopic (exact) mass is 218 g/mol. The van der Waals surface area contributed by atoms with Gasteiger partial charge in [0.05, 0.1) is 10.2 Å². The molecule has 3 rings (SSSR count). The third-order valence-corrected chi connectivity index (χ3v) is 3.84. The van der Waals surface area contributed by atoms with E-state index in [-0.39, 0.29) is 0 Å². The van der Waals surface area contributed by atoms with Gasteiger partial charge in [-0.25, -0.2) is 4.98 Å². The second-order valence-electron chi connectivity index (χ2n) is 4.26. The topological polar surface area (TPSA) is 24.9 Å². The fourth-order valence-electron chi connectivity index (χ4n) is 1.72. The number of hydrogen-bond donors (Lipinski definition) is 1. The first-order valence-electron chi connectivity index (χ1n) is 5.43. The zero-order valence-corrected chi connectivity index (χ0v) is 9.60. The molecule has 15 heavy (non-hydrogen) atoms. The minimum atomic E-state index is 0.901. The second kappa shape index (κ2) is 3.49. The van der Waals surface area contributed by atoms with Gasteiger partial charge in [-0.3, -0.25) is 0 Å². The van der Waals surface area contributed by atoms with Crippen LogP contribution in [-0.4, -0.2) is 11.5 Å². The number of nitrogens with zero attached hydrogens (tertiary/aromatic N) is 1. The molecule has 2 nitrogen and oxygen atoms in total. The predicted molar refractivity (Wildman–Crippen MR) is 65.6 cm³/mol. The molecule has 0 atom stereocenters. The van der Waals surface area contributed by atoms with E-state index in [4.69, 9.17) is 0 Å². The van der Waals surface area contributed by atoms with Crippen molar-refractivity contribution in [3.05, 3.63) is 23.8 Å². The molecular weight excluding hydrogens is 204 g/mol. The molecule has 0 aliphatic heterocycles. The number of aromatic nitrogens is 1. The summed E-state index contributed by atoms with van der Waals surface area (Å²) in [5, 5.41) is 4.51. The minimum absolute atomic E-state index is 0.901. The lowest BCUT2D eigenvalue weighted by Gasteiger charge is -1.97. The molecule has 0 amide bonds. The Hall–Kier alpha value is -1.09. The van der Waals surface area contributed by atoms with Gasteiger partial charge >= 0.3 is 0 Å². The maximum Gasteiger partial charge on any atom is 0.183 e. The van der Waals surface area contributed by atoms with Crippen LogP contribution in [0.25, 0.3) is 10.2 Å². The van der Waals surface area contributed by atoms with Gasteiger partial charge in [-0.15, -0.1) is 0 Å². The fraction of sp³-hybridized carbons (Fsp3) is 0.417. The summed E-state index contributed by atoms with van der Waals surface area (Å²) < 4.78 is 1.29. The maximum atomic E-state index is 4.62. The number of para-hydroxylation sites is 1. The SMILES string of the molecule is Cc1cccc2sc(NCC3CC3)nc12. The molecule has 1 aromatic heterocycles. The summed E-state index contributed by atoms with van der Waals surface area (Å²) in [6.07, 6.45) is 2.77. The summed E-state index contributed by atoms with van der Waals surface area (Å²) in [7, 11) is 0. The van der Waals surface area contributed by atoms with Gasteiger partial charge in [-0.05, 0) is 37.3 Å². The summed E-state index contributed by atoms with van der Waals surface area (Å²) in [5.41, 5.74) is 2.42. The van der Waals surface area contributed by atoms with E-state index < -0.39 is 0 Å². The van der Waals surface area contributed by atoms with Crippen LogP contribution in [0, 0.1) is 12.8 Å². The standard InChI is InChI=1S/C12H14N2S/c1-8-3-2-4-10-11(8)14-12(15-10)13-7-9-5-6-9/h2-4,9H,5-7H2,1H3,(H,13,14). The van der Waals surface area contributed by atoms with Gasteiger partial charge in [-0.1, -0.05) is 23.5 Å². The first-order valence-corrected chi connectivity index (χ1v) is 6.24. The Kier molecular flexibility index (Phi) is 2.13. The lowest BCUT2D eigenvalue weighted by molar-refractivity contribution is 0.888. The zero-order valence-electron chi connectivity index (χ0n) is 8.79. The molecule has 1 N–H and O–H groups in total. The Bertz CT molecular complexity index is 485. The lowest BCUT2D eigenvalue weighted by atomic mass is 10.2. The molecule has 1 fully saturated rings. The van der Waals surface area contributed by atoms with E-state index in [9.17, 15) is 0 Å². The quantitative estimate of drug-likeness (QED) is 0.853. The first-order chi connectivity index (χ1) is 7.33. The van der Waals surface area contributed by atoms with Crippen LogP contribution in [0.1, 0.15) is 18.4 Å². The van der Waals surface area contributed by atoms with Crippen LogP contribution in [0.5, 0.6) is 0 Å². The summed E-state index contributed by atoms with van der Waals surface area (Å²) >= 11 is 1.76. The minimum Gasteiger partial charge on any atom is -0.361 e. The number of anilines is 1. The van der Waals surface area contributed by atoms with E-state index >= 15 is 0 Å². The van der Waals surface area contributed by atoms with Crippen LogP contribution in [0.3, 0.4) is 0 Å². The Labute approximate surface area is 93.3 Å². The molecule has 78 valence electrons. The van der Waals surface area contributed by atoms with E-state index in [2.05, 4.69) is 35.4 Å². The largest absolute Gasteiger partial charge is 0.361 e. The Morgan fingerprint density at radius 3 is 3.07 bits per heavy atom. The molecular formula is C12H14N2S. The lowest BCUT2D eigenvalue weighted by Crippen LogP contribution is -2.02.